The lowest BCUT2D eigenvalue weighted by atomic mass is 9.97. The molecule has 0 bridgehead atoms. The van der Waals surface area contributed by atoms with Crippen molar-refractivity contribution in [1.82, 2.24) is 9.91 Å². The van der Waals surface area contributed by atoms with Crippen molar-refractivity contribution >= 4 is 29.1 Å². The summed E-state index contributed by atoms with van der Waals surface area (Å²) in [4.78, 5) is 27.5. The molecule has 2 aromatic carbocycles. The molecular formula is C25H30ClN3O6. The van der Waals surface area contributed by atoms with Crippen molar-refractivity contribution in [3.8, 4) is 11.5 Å². The summed E-state index contributed by atoms with van der Waals surface area (Å²) in [6, 6.07) is 12.3. The van der Waals surface area contributed by atoms with Gasteiger partial charge in [0.2, 0.25) is 5.91 Å². The maximum Gasteiger partial charge on any atom is 0.262 e. The van der Waals surface area contributed by atoms with Crippen LogP contribution in [0.5, 0.6) is 11.5 Å². The summed E-state index contributed by atoms with van der Waals surface area (Å²) < 4.78 is 21.1. The molecule has 10 heteroatoms. The summed E-state index contributed by atoms with van der Waals surface area (Å²) >= 11 is 6.44. The number of nitrogens with zero attached hydrogens (tertiary/aromatic N) is 3. The molecular weight excluding hydrogens is 474 g/mol. The third-order valence-corrected chi connectivity index (χ3v) is 5.99. The fourth-order valence-corrected chi connectivity index (χ4v) is 4.13. The quantitative estimate of drug-likeness (QED) is 0.468. The molecule has 0 fully saturated rings. The van der Waals surface area contributed by atoms with Crippen LogP contribution >= 0.6 is 11.6 Å². The molecule has 1 aliphatic rings. The first-order valence-corrected chi connectivity index (χ1v) is 11.4. The lowest BCUT2D eigenvalue weighted by Gasteiger charge is -2.27. The third-order valence-electron chi connectivity index (χ3n) is 5.66. The molecule has 0 N–H and O–H groups in total. The zero-order chi connectivity index (χ0) is 25.4. The summed E-state index contributed by atoms with van der Waals surface area (Å²) in [6.45, 7) is 0.197. The first kappa shape index (κ1) is 26.5. The summed E-state index contributed by atoms with van der Waals surface area (Å²) in [5.74, 6) is 0.540. The highest BCUT2D eigenvalue weighted by atomic mass is 35.5. The van der Waals surface area contributed by atoms with Gasteiger partial charge < -0.3 is 23.8 Å². The Morgan fingerprint density at radius 2 is 1.86 bits per heavy atom. The fourth-order valence-electron chi connectivity index (χ4n) is 3.88. The Bertz CT molecular complexity index is 1080. The average Bonchev–Trinajstić information content (AvgIpc) is 3.31. The zero-order valence-electron chi connectivity index (χ0n) is 20.3. The normalized spacial score (nSPS) is 15.1. The topological polar surface area (TPSA) is 89.9 Å². The van der Waals surface area contributed by atoms with Crippen molar-refractivity contribution in [2.75, 3.05) is 54.7 Å². The Balaban J connectivity index is 1.99. The van der Waals surface area contributed by atoms with E-state index < -0.39 is 6.04 Å². The van der Waals surface area contributed by atoms with E-state index in [0.717, 1.165) is 11.1 Å². The predicted molar refractivity (Wildman–Crippen MR) is 132 cm³/mol. The minimum atomic E-state index is -0.486. The Morgan fingerprint density at radius 1 is 1.09 bits per heavy atom. The summed E-state index contributed by atoms with van der Waals surface area (Å²) in [6.07, 6.45) is 0.406. The van der Waals surface area contributed by atoms with Crippen molar-refractivity contribution in [3.05, 3.63) is 58.6 Å². The second-order valence-corrected chi connectivity index (χ2v) is 8.24. The zero-order valence-corrected chi connectivity index (χ0v) is 21.1. The first-order chi connectivity index (χ1) is 16.9. The summed E-state index contributed by atoms with van der Waals surface area (Å²) in [7, 11) is 6.11. The summed E-state index contributed by atoms with van der Waals surface area (Å²) in [5, 5.41) is 6.60. The first-order valence-electron chi connectivity index (χ1n) is 11.1. The Morgan fingerprint density at radius 3 is 2.51 bits per heavy atom. The lowest BCUT2D eigenvalue weighted by Crippen LogP contribution is -2.44. The number of hydrogen-bond donors (Lipinski definition) is 0. The van der Waals surface area contributed by atoms with Crippen LogP contribution in [-0.4, -0.2) is 82.2 Å². The van der Waals surface area contributed by atoms with Crippen molar-refractivity contribution in [2.45, 2.75) is 12.5 Å². The molecule has 188 valence electrons. The van der Waals surface area contributed by atoms with E-state index in [2.05, 4.69) is 5.10 Å². The molecule has 1 atom stereocenters. The molecule has 0 spiro atoms. The maximum atomic E-state index is 13.6. The van der Waals surface area contributed by atoms with Crippen LogP contribution in [0.1, 0.15) is 23.6 Å². The van der Waals surface area contributed by atoms with Crippen molar-refractivity contribution < 1.29 is 28.5 Å². The van der Waals surface area contributed by atoms with Crippen LogP contribution < -0.4 is 9.47 Å². The largest absolute Gasteiger partial charge is 0.497 e. The van der Waals surface area contributed by atoms with Gasteiger partial charge >= 0.3 is 0 Å². The van der Waals surface area contributed by atoms with Gasteiger partial charge in [-0.1, -0.05) is 29.8 Å². The second kappa shape index (κ2) is 12.5. The minimum Gasteiger partial charge on any atom is -0.497 e. The van der Waals surface area contributed by atoms with Gasteiger partial charge in [-0.3, -0.25) is 9.59 Å². The van der Waals surface area contributed by atoms with Crippen LogP contribution in [0.15, 0.2) is 47.6 Å². The molecule has 2 aromatic rings. The molecule has 0 aliphatic carbocycles. The van der Waals surface area contributed by atoms with Gasteiger partial charge in [0.15, 0.2) is 0 Å². The van der Waals surface area contributed by atoms with Gasteiger partial charge in [0.1, 0.15) is 24.7 Å². The highest BCUT2D eigenvalue weighted by Gasteiger charge is 2.36. The number of carbonyl (C=O) groups is 2. The van der Waals surface area contributed by atoms with E-state index in [1.807, 2.05) is 24.3 Å². The lowest BCUT2D eigenvalue weighted by molar-refractivity contribution is -0.144. The highest BCUT2D eigenvalue weighted by Crippen LogP contribution is 2.40. The number of hydrogen-bond acceptors (Lipinski definition) is 7. The van der Waals surface area contributed by atoms with Gasteiger partial charge in [0.05, 0.1) is 32.6 Å². The van der Waals surface area contributed by atoms with E-state index in [4.69, 9.17) is 30.5 Å². The molecule has 1 aliphatic heterocycles. The SMILES string of the molecule is COCCN(CC(=O)N1N=C(c2ccccc2Cl)C[C@H]1c1cc(OC)ccc1OC)C(=O)COC. The molecule has 0 radical (unpaired) electrons. The average molecular weight is 504 g/mol. The Hall–Kier alpha value is -3.14. The maximum absolute atomic E-state index is 13.6. The van der Waals surface area contributed by atoms with E-state index in [0.29, 0.717) is 28.7 Å². The second-order valence-electron chi connectivity index (χ2n) is 7.83. The van der Waals surface area contributed by atoms with E-state index in [9.17, 15) is 9.59 Å². The van der Waals surface area contributed by atoms with Gasteiger partial charge in [-0.2, -0.15) is 5.10 Å². The molecule has 9 nitrogen and oxygen atoms in total. The van der Waals surface area contributed by atoms with Crippen LogP contribution in [0.2, 0.25) is 5.02 Å². The van der Waals surface area contributed by atoms with Gasteiger partial charge in [0, 0.05) is 43.3 Å². The number of methoxy groups -OCH3 is 4. The Labute approximate surface area is 210 Å². The molecule has 0 unspecified atom stereocenters. The van der Waals surface area contributed by atoms with E-state index >= 15 is 0 Å². The standard InChI is InChI=1S/C25H30ClN3O6/c1-32-12-11-28(25(31)16-33-2)15-24(30)29-22(19-13-17(34-3)9-10-23(19)35-4)14-21(27-29)18-7-5-6-8-20(18)26/h5-10,13,22H,11-12,14-16H2,1-4H3/t22-/m0/s1. The van der Waals surface area contributed by atoms with Crippen molar-refractivity contribution in [3.63, 3.8) is 0 Å². The van der Waals surface area contributed by atoms with Gasteiger partial charge in [-0.15, -0.1) is 0 Å². The van der Waals surface area contributed by atoms with Gasteiger partial charge in [-0.25, -0.2) is 5.01 Å². The highest BCUT2D eigenvalue weighted by molar-refractivity contribution is 6.34. The monoisotopic (exact) mass is 503 g/mol. The van der Waals surface area contributed by atoms with Crippen LogP contribution in [-0.2, 0) is 19.1 Å². The molecule has 0 saturated carbocycles. The predicted octanol–water partition coefficient (Wildman–Crippen LogP) is 3.16. The molecule has 3 rings (SSSR count). The Kier molecular flexibility index (Phi) is 9.47. The molecule has 0 aromatic heterocycles. The van der Waals surface area contributed by atoms with Gasteiger partial charge in [0.25, 0.3) is 5.91 Å². The number of rotatable bonds is 11. The van der Waals surface area contributed by atoms with E-state index in [1.165, 1.54) is 24.1 Å². The molecule has 1 heterocycles. The van der Waals surface area contributed by atoms with Crippen LogP contribution in [0.25, 0.3) is 0 Å². The van der Waals surface area contributed by atoms with Gasteiger partial charge in [-0.05, 0) is 24.3 Å². The van der Waals surface area contributed by atoms with E-state index in [-0.39, 0.29) is 38.1 Å². The molecule has 0 saturated heterocycles. The molecule has 2 amide bonds. The summed E-state index contributed by atoms with van der Waals surface area (Å²) in [5.41, 5.74) is 2.13. The number of benzene rings is 2. The minimum absolute atomic E-state index is 0.141. The number of amides is 2. The van der Waals surface area contributed by atoms with Crippen LogP contribution in [0, 0.1) is 0 Å². The van der Waals surface area contributed by atoms with E-state index in [1.54, 1.807) is 32.4 Å². The van der Waals surface area contributed by atoms with Crippen LogP contribution in [0.3, 0.4) is 0 Å². The number of ether oxygens (including phenoxy) is 4. The third kappa shape index (κ3) is 6.30. The fraction of sp³-hybridized carbons (Fsp3) is 0.400. The molecule has 35 heavy (non-hydrogen) atoms. The number of halogens is 1. The van der Waals surface area contributed by atoms with Crippen LogP contribution in [0.4, 0.5) is 0 Å². The smallest absolute Gasteiger partial charge is 0.262 e. The van der Waals surface area contributed by atoms with Crippen molar-refractivity contribution in [1.29, 1.82) is 0 Å². The number of hydrazone groups is 1. The number of carbonyl (C=O) groups excluding carboxylic acids is 2. The van der Waals surface area contributed by atoms with Crippen molar-refractivity contribution in [2.24, 2.45) is 5.10 Å².